The molecule has 1 amide bonds. The van der Waals surface area contributed by atoms with Gasteiger partial charge in [-0.3, -0.25) is 4.79 Å². The number of hydrogen-bond acceptors (Lipinski definition) is 3. The number of nitrogens with one attached hydrogen (secondary N) is 1. The SMILES string of the molecule is CN(Cc1ccccc1)C(=O)CNS(=O)(=O)Cc1cccc(Br)c1. The number of hydrogen-bond donors (Lipinski definition) is 1. The lowest BCUT2D eigenvalue weighted by atomic mass is 10.2. The zero-order valence-corrected chi connectivity index (χ0v) is 15.7. The van der Waals surface area contributed by atoms with Crippen molar-refractivity contribution in [2.24, 2.45) is 0 Å². The second-order valence-corrected chi connectivity index (χ2v) is 8.17. The molecule has 2 aromatic carbocycles. The molecule has 0 aliphatic heterocycles. The molecule has 2 rings (SSSR count). The molecule has 24 heavy (non-hydrogen) atoms. The minimum atomic E-state index is -3.57. The van der Waals surface area contributed by atoms with Gasteiger partial charge in [-0.25, -0.2) is 13.1 Å². The minimum Gasteiger partial charge on any atom is -0.340 e. The molecule has 0 aliphatic carbocycles. The molecule has 0 heterocycles. The van der Waals surface area contributed by atoms with Crippen LogP contribution in [-0.4, -0.2) is 32.8 Å². The van der Waals surface area contributed by atoms with Crippen molar-refractivity contribution in [3.8, 4) is 0 Å². The topological polar surface area (TPSA) is 66.5 Å². The summed E-state index contributed by atoms with van der Waals surface area (Å²) in [5.41, 5.74) is 1.65. The van der Waals surface area contributed by atoms with Gasteiger partial charge in [-0.05, 0) is 23.3 Å². The van der Waals surface area contributed by atoms with Crippen LogP contribution in [0.3, 0.4) is 0 Å². The summed E-state index contributed by atoms with van der Waals surface area (Å²) in [4.78, 5) is 13.6. The number of likely N-dealkylation sites (N-methyl/N-ethyl adjacent to an activating group) is 1. The quantitative estimate of drug-likeness (QED) is 0.762. The van der Waals surface area contributed by atoms with Gasteiger partial charge in [0, 0.05) is 18.1 Å². The summed E-state index contributed by atoms with van der Waals surface area (Å²) in [5.74, 6) is -0.445. The molecule has 5 nitrogen and oxygen atoms in total. The predicted molar refractivity (Wildman–Crippen MR) is 97.7 cm³/mol. The van der Waals surface area contributed by atoms with Gasteiger partial charge in [0.25, 0.3) is 0 Å². The number of benzene rings is 2. The maximum atomic E-state index is 12.1. The Bertz CT molecular complexity index is 794. The first-order valence-electron chi connectivity index (χ1n) is 7.35. The van der Waals surface area contributed by atoms with Crippen molar-refractivity contribution >= 4 is 31.9 Å². The molecule has 0 bridgehead atoms. The van der Waals surface area contributed by atoms with Crippen LogP contribution in [0.2, 0.25) is 0 Å². The number of nitrogens with zero attached hydrogens (tertiary/aromatic N) is 1. The van der Waals surface area contributed by atoms with E-state index in [1.807, 2.05) is 36.4 Å². The Labute approximate surface area is 150 Å². The lowest BCUT2D eigenvalue weighted by Crippen LogP contribution is -2.38. The molecule has 0 aromatic heterocycles. The monoisotopic (exact) mass is 410 g/mol. The maximum Gasteiger partial charge on any atom is 0.237 e. The van der Waals surface area contributed by atoms with E-state index in [4.69, 9.17) is 0 Å². The molecule has 7 heteroatoms. The first kappa shape index (κ1) is 18.6. The smallest absolute Gasteiger partial charge is 0.237 e. The summed E-state index contributed by atoms with van der Waals surface area (Å²) >= 11 is 3.31. The fraction of sp³-hybridized carbons (Fsp3) is 0.235. The van der Waals surface area contributed by atoms with E-state index in [0.29, 0.717) is 12.1 Å². The molecule has 0 atom stereocenters. The Hall–Kier alpha value is -1.70. The third-order valence-electron chi connectivity index (χ3n) is 3.38. The Morgan fingerprint density at radius 2 is 1.75 bits per heavy atom. The van der Waals surface area contributed by atoms with Crippen molar-refractivity contribution in [3.05, 3.63) is 70.2 Å². The van der Waals surface area contributed by atoms with Gasteiger partial charge in [-0.15, -0.1) is 0 Å². The summed E-state index contributed by atoms with van der Waals surface area (Å²) < 4.78 is 27.4. The third kappa shape index (κ3) is 6.07. The molecule has 2 aromatic rings. The van der Waals surface area contributed by atoms with Crippen LogP contribution in [0.5, 0.6) is 0 Å². The Balaban J connectivity index is 1.87. The first-order valence-corrected chi connectivity index (χ1v) is 9.80. The zero-order chi connectivity index (χ0) is 17.6. The second-order valence-electron chi connectivity index (χ2n) is 5.45. The average Bonchev–Trinajstić information content (AvgIpc) is 2.53. The number of carbonyl (C=O) groups excluding carboxylic acids is 1. The molecule has 0 radical (unpaired) electrons. The van der Waals surface area contributed by atoms with Crippen LogP contribution in [0.4, 0.5) is 0 Å². The molecular weight excluding hydrogens is 392 g/mol. The normalized spacial score (nSPS) is 11.2. The lowest BCUT2D eigenvalue weighted by molar-refractivity contribution is -0.129. The van der Waals surface area contributed by atoms with Gasteiger partial charge in [0.15, 0.2) is 0 Å². The van der Waals surface area contributed by atoms with Gasteiger partial charge in [0.05, 0.1) is 12.3 Å². The van der Waals surface area contributed by atoms with E-state index in [9.17, 15) is 13.2 Å². The van der Waals surface area contributed by atoms with Crippen LogP contribution in [0.25, 0.3) is 0 Å². The number of rotatable bonds is 7. The van der Waals surface area contributed by atoms with Crippen LogP contribution in [0.15, 0.2) is 59.1 Å². The van der Waals surface area contributed by atoms with Gasteiger partial charge < -0.3 is 4.90 Å². The van der Waals surface area contributed by atoms with Crippen LogP contribution in [0.1, 0.15) is 11.1 Å². The van der Waals surface area contributed by atoms with Gasteiger partial charge in [-0.1, -0.05) is 58.4 Å². The molecule has 0 saturated carbocycles. The van der Waals surface area contributed by atoms with E-state index >= 15 is 0 Å². The fourth-order valence-electron chi connectivity index (χ4n) is 2.15. The summed E-state index contributed by atoms with van der Waals surface area (Å²) in [6, 6.07) is 16.6. The highest BCUT2D eigenvalue weighted by atomic mass is 79.9. The molecule has 0 aliphatic rings. The van der Waals surface area contributed by atoms with Crippen LogP contribution >= 0.6 is 15.9 Å². The molecule has 0 unspecified atom stereocenters. The maximum absolute atomic E-state index is 12.1. The zero-order valence-electron chi connectivity index (χ0n) is 13.3. The predicted octanol–water partition coefficient (Wildman–Crippen LogP) is 2.53. The van der Waals surface area contributed by atoms with Crippen molar-refractivity contribution in [2.45, 2.75) is 12.3 Å². The average molecular weight is 411 g/mol. The highest BCUT2D eigenvalue weighted by Gasteiger charge is 2.16. The Morgan fingerprint density at radius 3 is 2.42 bits per heavy atom. The number of amides is 1. The molecule has 128 valence electrons. The largest absolute Gasteiger partial charge is 0.340 e. The van der Waals surface area contributed by atoms with Crippen molar-refractivity contribution in [1.29, 1.82) is 0 Å². The Kier molecular flexibility index (Phi) is 6.53. The lowest BCUT2D eigenvalue weighted by Gasteiger charge is -2.17. The molecule has 1 N–H and O–H groups in total. The Morgan fingerprint density at radius 1 is 1.08 bits per heavy atom. The summed E-state index contributed by atoms with van der Waals surface area (Å²) in [6.07, 6.45) is 0. The standard InChI is InChI=1S/C17H19BrN2O3S/c1-20(12-14-6-3-2-4-7-14)17(21)11-19-24(22,23)13-15-8-5-9-16(18)10-15/h2-10,19H,11-13H2,1H3. The summed E-state index contributed by atoms with van der Waals surface area (Å²) in [5, 5.41) is 0. The number of halogens is 1. The highest BCUT2D eigenvalue weighted by molar-refractivity contribution is 9.10. The van der Waals surface area contributed by atoms with Crippen LogP contribution in [-0.2, 0) is 27.1 Å². The van der Waals surface area contributed by atoms with E-state index < -0.39 is 10.0 Å². The first-order chi connectivity index (χ1) is 11.4. The minimum absolute atomic E-state index is 0.165. The third-order valence-corrected chi connectivity index (χ3v) is 5.17. The van der Waals surface area contributed by atoms with E-state index in [2.05, 4.69) is 20.7 Å². The number of carbonyl (C=O) groups is 1. The second kappa shape index (κ2) is 8.41. The van der Waals surface area contributed by atoms with Crippen molar-refractivity contribution in [3.63, 3.8) is 0 Å². The van der Waals surface area contributed by atoms with Crippen molar-refractivity contribution < 1.29 is 13.2 Å². The van der Waals surface area contributed by atoms with Crippen LogP contribution in [0, 0.1) is 0 Å². The van der Waals surface area contributed by atoms with Crippen molar-refractivity contribution in [2.75, 3.05) is 13.6 Å². The van der Waals surface area contributed by atoms with E-state index in [1.165, 1.54) is 4.90 Å². The summed E-state index contributed by atoms with van der Waals surface area (Å²) in [6.45, 7) is 0.187. The van der Waals surface area contributed by atoms with Crippen molar-refractivity contribution in [1.82, 2.24) is 9.62 Å². The van der Waals surface area contributed by atoms with E-state index in [1.54, 1.807) is 25.2 Å². The number of sulfonamides is 1. The van der Waals surface area contributed by atoms with E-state index in [0.717, 1.165) is 10.0 Å². The molecule has 0 spiro atoms. The van der Waals surface area contributed by atoms with Gasteiger partial charge in [0.2, 0.25) is 15.9 Å². The van der Waals surface area contributed by atoms with Gasteiger partial charge in [-0.2, -0.15) is 0 Å². The molecule has 0 saturated heterocycles. The van der Waals surface area contributed by atoms with Crippen LogP contribution < -0.4 is 4.72 Å². The van der Waals surface area contributed by atoms with Gasteiger partial charge in [0.1, 0.15) is 0 Å². The summed E-state index contributed by atoms with van der Waals surface area (Å²) in [7, 11) is -1.92. The highest BCUT2D eigenvalue weighted by Crippen LogP contribution is 2.13. The molecule has 0 fully saturated rings. The van der Waals surface area contributed by atoms with Gasteiger partial charge >= 0.3 is 0 Å². The molecular formula is C17H19BrN2O3S. The van der Waals surface area contributed by atoms with E-state index in [-0.39, 0.29) is 18.2 Å². The fourth-order valence-corrected chi connectivity index (χ4v) is 3.66.